The fraction of sp³-hybridized carbons (Fsp3) is 0. The largest absolute Gasteiger partial charge is 0.423 e. The quantitative estimate of drug-likeness (QED) is 0.157. The van der Waals surface area contributed by atoms with Gasteiger partial charge >= 0.3 is 5.97 Å². The molecule has 1 aliphatic rings. The van der Waals surface area contributed by atoms with Crippen LogP contribution in [0.1, 0.15) is 15.9 Å². The van der Waals surface area contributed by atoms with E-state index in [1.807, 2.05) is 60.7 Å². The molecule has 2 N–H and O–H groups in total. The van der Waals surface area contributed by atoms with Crippen LogP contribution in [0.2, 0.25) is 0 Å². The monoisotopic (exact) mass is 528 g/mol. The van der Waals surface area contributed by atoms with E-state index in [2.05, 4.69) is 5.32 Å². The molecule has 0 radical (unpaired) electrons. The van der Waals surface area contributed by atoms with Gasteiger partial charge in [-0.2, -0.15) is 0 Å². The first-order valence-electron chi connectivity index (χ1n) is 12.1. The van der Waals surface area contributed by atoms with Gasteiger partial charge in [-0.1, -0.05) is 72.8 Å². The van der Waals surface area contributed by atoms with Crippen molar-refractivity contribution >= 4 is 45.9 Å². The molecule has 0 aliphatic carbocycles. The molecule has 1 aliphatic heterocycles. The van der Waals surface area contributed by atoms with Crippen LogP contribution >= 0.6 is 11.8 Å². The number of ether oxygens (including phenoxy) is 1. The van der Waals surface area contributed by atoms with E-state index in [1.54, 1.807) is 48.5 Å². The number of aromatic nitrogens is 2. The molecule has 39 heavy (non-hydrogen) atoms. The van der Waals surface area contributed by atoms with Crippen molar-refractivity contribution in [3.05, 3.63) is 119 Å². The van der Waals surface area contributed by atoms with E-state index in [0.29, 0.717) is 27.3 Å². The minimum atomic E-state index is -0.516. The summed E-state index contributed by atoms with van der Waals surface area (Å²) in [6.07, 6.45) is 1.68. The van der Waals surface area contributed by atoms with Gasteiger partial charge in [-0.15, -0.1) is 0 Å². The van der Waals surface area contributed by atoms with Crippen LogP contribution in [0.4, 0.5) is 0 Å². The zero-order valence-corrected chi connectivity index (χ0v) is 21.2. The molecule has 5 aromatic rings. The van der Waals surface area contributed by atoms with Crippen molar-refractivity contribution in [2.75, 3.05) is 0 Å². The maximum absolute atomic E-state index is 13.0. The summed E-state index contributed by atoms with van der Waals surface area (Å²) in [5, 5.41) is 10.1. The summed E-state index contributed by atoms with van der Waals surface area (Å²) in [5.74, 6) is -0.447. The Morgan fingerprint density at radius 2 is 1.41 bits per heavy atom. The van der Waals surface area contributed by atoms with Crippen LogP contribution in [-0.2, 0) is 4.79 Å². The molecule has 4 aromatic carbocycles. The van der Waals surface area contributed by atoms with Crippen molar-refractivity contribution in [1.29, 1.82) is 5.41 Å². The predicted octanol–water partition coefficient (Wildman–Crippen LogP) is 6.32. The highest BCUT2D eigenvalue weighted by atomic mass is 32.2. The molecule has 188 valence electrons. The van der Waals surface area contributed by atoms with Gasteiger partial charge in [0.05, 0.1) is 32.9 Å². The van der Waals surface area contributed by atoms with Crippen LogP contribution in [-0.4, -0.2) is 27.0 Å². The van der Waals surface area contributed by atoms with Crippen molar-refractivity contribution in [3.63, 3.8) is 0 Å². The molecule has 0 atom stereocenters. The number of hydrogen-bond donors (Lipinski definition) is 2. The Morgan fingerprint density at radius 1 is 0.795 bits per heavy atom. The van der Waals surface area contributed by atoms with E-state index >= 15 is 0 Å². The van der Waals surface area contributed by atoms with E-state index in [1.165, 1.54) is 0 Å². The topological polar surface area (TPSA) is 105 Å². The lowest BCUT2D eigenvalue weighted by Crippen LogP contribution is -2.18. The highest BCUT2D eigenvalue weighted by molar-refractivity contribution is 8.18. The molecule has 1 aromatic heterocycles. The van der Waals surface area contributed by atoms with Crippen molar-refractivity contribution < 1.29 is 14.3 Å². The number of thioether (sulfide) groups is 1. The standard InChI is InChI=1S/C31H20N4O3S/c32-31-35-29(36)26(39-31)17-19-11-14-23(15-12-19)38-30(37)22-13-16-24-25(18-22)34-28(21-9-5-2-6-10-21)27(33-24)20-7-3-1-4-8-20/h1-18H,(H2,32,35,36)/b26-17-. The van der Waals surface area contributed by atoms with Gasteiger partial charge < -0.3 is 10.1 Å². The smallest absolute Gasteiger partial charge is 0.343 e. The number of carbonyl (C=O) groups is 2. The second kappa shape index (κ2) is 10.4. The van der Waals surface area contributed by atoms with Crippen molar-refractivity contribution in [2.24, 2.45) is 0 Å². The Balaban J connectivity index is 1.28. The number of nitrogens with one attached hydrogen (secondary N) is 2. The number of hydrogen-bond acceptors (Lipinski definition) is 7. The maximum atomic E-state index is 13.0. The van der Waals surface area contributed by atoms with Crippen LogP contribution in [0.5, 0.6) is 5.75 Å². The summed E-state index contributed by atoms with van der Waals surface area (Å²) in [6.45, 7) is 0. The number of benzene rings is 4. The van der Waals surface area contributed by atoms with Gasteiger partial charge in [0.25, 0.3) is 5.91 Å². The van der Waals surface area contributed by atoms with Gasteiger partial charge in [-0.05, 0) is 53.7 Å². The van der Waals surface area contributed by atoms with Crippen LogP contribution in [0.3, 0.4) is 0 Å². The minimum absolute atomic E-state index is 0.101. The molecule has 8 heteroatoms. The second-order valence-electron chi connectivity index (χ2n) is 8.71. The Hall–Kier alpha value is -5.08. The van der Waals surface area contributed by atoms with E-state index in [-0.39, 0.29) is 11.1 Å². The number of fused-ring (bicyclic) bond motifs is 1. The first-order valence-corrected chi connectivity index (χ1v) is 12.9. The molecular formula is C31H20N4O3S. The molecule has 1 amide bonds. The first-order chi connectivity index (χ1) is 19.0. The Kier molecular flexibility index (Phi) is 6.44. The number of rotatable bonds is 5. The molecule has 0 unspecified atom stereocenters. The predicted molar refractivity (Wildman–Crippen MR) is 153 cm³/mol. The number of carbonyl (C=O) groups excluding carboxylic acids is 2. The maximum Gasteiger partial charge on any atom is 0.343 e. The fourth-order valence-corrected chi connectivity index (χ4v) is 4.87. The summed E-state index contributed by atoms with van der Waals surface area (Å²) < 4.78 is 5.59. The lowest BCUT2D eigenvalue weighted by Gasteiger charge is -2.11. The van der Waals surface area contributed by atoms with Crippen molar-refractivity contribution in [2.45, 2.75) is 0 Å². The van der Waals surface area contributed by atoms with E-state index < -0.39 is 5.97 Å². The molecule has 1 fully saturated rings. The van der Waals surface area contributed by atoms with Gasteiger partial charge in [0.1, 0.15) is 5.75 Å². The Labute approximate surface area is 228 Å². The number of nitrogens with zero attached hydrogens (tertiary/aromatic N) is 2. The van der Waals surface area contributed by atoms with Crippen LogP contribution < -0.4 is 10.1 Å². The summed E-state index contributed by atoms with van der Waals surface area (Å²) in [7, 11) is 0. The number of amides is 1. The summed E-state index contributed by atoms with van der Waals surface area (Å²) in [4.78, 5) is 35.1. The fourth-order valence-electron chi connectivity index (χ4n) is 4.17. The molecule has 0 saturated carbocycles. The van der Waals surface area contributed by atoms with E-state index in [9.17, 15) is 9.59 Å². The van der Waals surface area contributed by atoms with Gasteiger partial charge in [-0.25, -0.2) is 14.8 Å². The summed E-state index contributed by atoms with van der Waals surface area (Å²) in [6, 6.07) is 31.7. The van der Waals surface area contributed by atoms with Crippen LogP contribution in [0.15, 0.2) is 108 Å². The zero-order valence-electron chi connectivity index (χ0n) is 20.4. The van der Waals surface area contributed by atoms with Crippen molar-refractivity contribution in [3.8, 4) is 28.3 Å². The summed E-state index contributed by atoms with van der Waals surface area (Å²) >= 11 is 1.07. The zero-order chi connectivity index (χ0) is 26.8. The third kappa shape index (κ3) is 5.18. The average Bonchev–Trinajstić information content (AvgIpc) is 3.29. The highest BCUT2D eigenvalue weighted by Gasteiger charge is 2.22. The number of amidine groups is 1. The third-order valence-electron chi connectivity index (χ3n) is 6.05. The third-order valence-corrected chi connectivity index (χ3v) is 6.88. The molecule has 7 nitrogen and oxygen atoms in total. The van der Waals surface area contributed by atoms with Crippen LogP contribution in [0.25, 0.3) is 39.6 Å². The van der Waals surface area contributed by atoms with Gasteiger partial charge in [0.15, 0.2) is 5.17 Å². The lowest BCUT2D eigenvalue weighted by atomic mass is 10.0. The second-order valence-corrected chi connectivity index (χ2v) is 9.76. The first kappa shape index (κ1) is 24.3. The molecule has 6 rings (SSSR count). The molecule has 1 saturated heterocycles. The van der Waals surface area contributed by atoms with E-state index in [4.69, 9.17) is 20.1 Å². The Bertz CT molecular complexity index is 1770. The molecule has 0 spiro atoms. The Morgan fingerprint density at radius 3 is 2.00 bits per heavy atom. The van der Waals surface area contributed by atoms with Gasteiger partial charge in [0, 0.05) is 11.1 Å². The average molecular weight is 529 g/mol. The van der Waals surface area contributed by atoms with E-state index in [0.717, 1.165) is 39.8 Å². The minimum Gasteiger partial charge on any atom is -0.423 e. The molecule has 0 bridgehead atoms. The lowest BCUT2D eigenvalue weighted by molar-refractivity contribution is -0.115. The normalized spacial score (nSPS) is 14.0. The molecular weight excluding hydrogens is 508 g/mol. The van der Waals surface area contributed by atoms with Crippen molar-refractivity contribution in [1.82, 2.24) is 15.3 Å². The van der Waals surface area contributed by atoms with Gasteiger partial charge in [0.2, 0.25) is 0 Å². The SMILES string of the molecule is N=C1NC(=O)/C(=C/c2ccc(OC(=O)c3ccc4nc(-c5ccccc5)c(-c5ccccc5)nc4c3)cc2)S1. The molecule has 2 heterocycles. The van der Waals surface area contributed by atoms with Crippen LogP contribution in [0, 0.1) is 5.41 Å². The van der Waals surface area contributed by atoms with Gasteiger partial charge in [-0.3, -0.25) is 10.2 Å². The number of esters is 1. The highest BCUT2D eigenvalue weighted by Crippen LogP contribution is 2.31. The summed E-state index contributed by atoms with van der Waals surface area (Å²) in [5.41, 5.74) is 5.75.